The van der Waals surface area contributed by atoms with Crippen molar-refractivity contribution in [3.05, 3.63) is 36.3 Å². The van der Waals surface area contributed by atoms with E-state index in [9.17, 15) is 4.79 Å². The lowest BCUT2D eigenvalue weighted by Gasteiger charge is -2.26. The van der Waals surface area contributed by atoms with E-state index in [1.807, 2.05) is 24.4 Å². The zero-order chi connectivity index (χ0) is 21.8. The van der Waals surface area contributed by atoms with E-state index < -0.39 is 5.60 Å². The van der Waals surface area contributed by atoms with Gasteiger partial charge in [-0.05, 0) is 6.07 Å². The number of H-pyrrole nitrogens is 1. The number of amides is 1. The number of fused-ring (bicyclic) bond motifs is 1. The van der Waals surface area contributed by atoms with Gasteiger partial charge in [0.25, 0.3) is 0 Å². The standard InChI is InChI=1S/C22H26N4O5/c1-14(27)25-21-10-16-17(11-23-19(16)12-24-21)18-8-15(31-7-6-28-2)9-20(26-18)22(29-3)4-5-30-13-22/h8-12,23H,4-7,13H2,1-3H3,(H,24,25,27)/t22-/m0/s1. The molecule has 2 N–H and O–H groups in total. The van der Waals surface area contributed by atoms with Gasteiger partial charge in [-0.3, -0.25) is 4.79 Å². The highest BCUT2D eigenvalue weighted by molar-refractivity contribution is 5.97. The first-order valence-electron chi connectivity index (χ1n) is 10.1. The van der Waals surface area contributed by atoms with Crippen molar-refractivity contribution in [1.82, 2.24) is 15.0 Å². The molecule has 0 aromatic carbocycles. The number of hydrogen-bond acceptors (Lipinski definition) is 7. The van der Waals surface area contributed by atoms with Crippen LogP contribution in [-0.4, -0.2) is 61.5 Å². The van der Waals surface area contributed by atoms with Crippen molar-refractivity contribution in [2.24, 2.45) is 0 Å². The van der Waals surface area contributed by atoms with E-state index in [1.165, 1.54) is 6.92 Å². The third kappa shape index (κ3) is 4.39. The van der Waals surface area contributed by atoms with Crippen molar-refractivity contribution < 1.29 is 23.7 Å². The van der Waals surface area contributed by atoms with Gasteiger partial charge in [-0.25, -0.2) is 9.97 Å². The topological polar surface area (TPSA) is 108 Å². The van der Waals surface area contributed by atoms with E-state index >= 15 is 0 Å². The first-order valence-corrected chi connectivity index (χ1v) is 10.1. The van der Waals surface area contributed by atoms with E-state index in [0.29, 0.717) is 44.4 Å². The minimum Gasteiger partial charge on any atom is -0.491 e. The largest absolute Gasteiger partial charge is 0.491 e. The van der Waals surface area contributed by atoms with Crippen LogP contribution < -0.4 is 10.1 Å². The molecule has 9 nitrogen and oxygen atoms in total. The SMILES string of the molecule is COCCOc1cc(-c2c[nH]c3cnc(NC(C)=O)cc23)nc([C@]2(OC)CCOC2)c1. The first kappa shape index (κ1) is 21.2. The highest BCUT2D eigenvalue weighted by atomic mass is 16.6. The Labute approximate surface area is 180 Å². The van der Waals surface area contributed by atoms with Crippen molar-refractivity contribution in [3.63, 3.8) is 0 Å². The van der Waals surface area contributed by atoms with Crippen molar-refractivity contribution in [2.75, 3.05) is 46.0 Å². The Balaban J connectivity index is 1.80. The molecule has 1 saturated heterocycles. The van der Waals surface area contributed by atoms with Gasteiger partial charge in [0.1, 0.15) is 23.8 Å². The molecule has 3 aromatic rings. The molecule has 164 valence electrons. The summed E-state index contributed by atoms with van der Waals surface area (Å²) < 4.78 is 22.5. The molecule has 0 unspecified atom stereocenters. The van der Waals surface area contributed by atoms with E-state index in [1.54, 1.807) is 20.4 Å². The molecule has 31 heavy (non-hydrogen) atoms. The van der Waals surface area contributed by atoms with Crippen molar-refractivity contribution >= 4 is 22.6 Å². The summed E-state index contributed by atoms with van der Waals surface area (Å²) in [4.78, 5) is 23.9. The molecule has 0 spiro atoms. The minimum absolute atomic E-state index is 0.179. The van der Waals surface area contributed by atoms with Gasteiger partial charge in [-0.2, -0.15) is 0 Å². The number of aromatic amines is 1. The van der Waals surface area contributed by atoms with Gasteiger partial charge in [-0.1, -0.05) is 0 Å². The van der Waals surface area contributed by atoms with Crippen molar-refractivity contribution in [2.45, 2.75) is 18.9 Å². The van der Waals surface area contributed by atoms with E-state index in [4.69, 9.17) is 23.9 Å². The highest BCUT2D eigenvalue weighted by Crippen LogP contribution is 2.37. The van der Waals surface area contributed by atoms with Crippen molar-refractivity contribution in [1.29, 1.82) is 0 Å². The van der Waals surface area contributed by atoms with Crippen LogP contribution in [0.15, 0.2) is 30.6 Å². The smallest absolute Gasteiger partial charge is 0.222 e. The monoisotopic (exact) mass is 426 g/mol. The second-order valence-corrected chi connectivity index (χ2v) is 7.41. The Hall–Kier alpha value is -3.01. The number of nitrogens with one attached hydrogen (secondary N) is 2. The summed E-state index contributed by atoms with van der Waals surface area (Å²) in [6.45, 7) is 3.39. The van der Waals surface area contributed by atoms with Gasteiger partial charge >= 0.3 is 0 Å². The lowest BCUT2D eigenvalue weighted by molar-refractivity contribution is -0.114. The minimum atomic E-state index is -0.621. The summed E-state index contributed by atoms with van der Waals surface area (Å²) in [6, 6.07) is 5.61. The summed E-state index contributed by atoms with van der Waals surface area (Å²) >= 11 is 0. The average Bonchev–Trinajstić information content (AvgIpc) is 3.41. The third-order valence-corrected chi connectivity index (χ3v) is 5.34. The predicted octanol–water partition coefficient (Wildman–Crippen LogP) is 2.87. The van der Waals surface area contributed by atoms with Crippen LogP contribution in [0.4, 0.5) is 5.82 Å². The number of hydrogen-bond donors (Lipinski definition) is 2. The predicted molar refractivity (Wildman–Crippen MR) is 115 cm³/mol. The van der Waals surface area contributed by atoms with Crippen molar-refractivity contribution in [3.8, 4) is 17.0 Å². The van der Waals surface area contributed by atoms with Gasteiger partial charge in [0, 0.05) is 63.5 Å². The lowest BCUT2D eigenvalue weighted by atomic mass is 9.96. The van der Waals surface area contributed by atoms with Gasteiger partial charge in [0.2, 0.25) is 5.91 Å². The average molecular weight is 426 g/mol. The Morgan fingerprint density at radius 2 is 2.16 bits per heavy atom. The van der Waals surface area contributed by atoms with Gasteiger partial charge in [0.05, 0.1) is 36.3 Å². The quantitative estimate of drug-likeness (QED) is 0.533. The second-order valence-electron chi connectivity index (χ2n) is 7.41. The first-order chi connectivity index (χ1) is 15.0. The van der Waals surface area contributed by atoms with Crippen LogP contribution in [0.2, 0.25) is 0 Å². The number of rotatable bonds is 8. The van der Waals surface area contributed by atoms with Crippen LogP contribution in [0.5, 0.6) is 5.75 Å². The summed E-state index contributed by atoms with van der Waals surface area (Å²) in [5.74, 6) is 0.971. The Bertz CT molecular complexity index is 1070. The third-order valence-electron chi connectivity index (χ3n) is 5.34. The summed E-state index contributed by atoms with van der Waals surface area (Å²) in [7, 11) is 3.31. The lowest BCUT2D eigenvalue weighted by Crippen LogP contribution is -2.30. The second kappa shape index (κ2) is 9.01. The number of nitrogens with zero attached hydrogens (tertiary/aromatic N) is 2. The zero-order valence-corrected chi connectivity index (χ0v) is 17.9. The molecule has 4 heterocycles. The molecule has 3 aromatic heterocycles. The molecule has 0 bridgehead atoms. The molecule has 4 rings (SSSR count). The maximum atomic E-state index is 11.4. The number of ether oxygens (including phenoxy) is 4. The fourth-order valence-corrected chi connectivity index (χ4v) is 3.70. The van der Waals surface area contributed by atoms with Gasteiger partial charge in [-0.15, -0.1) is 0 Å². The maximum absolute atomic E-state index is 11.4. The normalized spacial score (nSPS) is 18.4. The molecule has 0 saturated carbocycles. The Morgan fingerprint density at radius 1 is 1.29 bits per heavy atom. The maximum Gasteiger partial charge on any atom is 0.222 e. The molecule has 1 aliphatic heterocycles. The van der Waals surface area contributed by atoms with Crippen LogP contribution in [0.1, 0.15) is 19.0 Å². The molecule has 9 heteroatoms. The fraction of sp³-hybridized carbons (Fsp3) is 0.409. The van der Waals surface area contributed by atoms with Gasteiger partial charge < -0.3 is 29.2 Å². The number of anilines is 1. The van der Waals surface area contributed by atoms with Crippen LogP contribution in [0, 0.1) is 0 Å². The van der Waals surface area contributed by atoms with Crippen LogP contribution >= 0.6 is 0 Å². The number of pyridine rings is 2. The number of methoxy groups -OCH3 is 2. The van der Waals surface area contributed by atoms with E-state index in [-0.39, 0.29) is 5.91 Å². The van der Waals surface area contributed by atoms with Crippen LogP contribution in [0.25, 0.3) is 22.2 Å². The fourth-order valence-electron chi connectivity index (χ4n) is 3.70. The van der Waals surface area contributed by atoms with Gasteiger partial charge in [0.15, 0.2) is 0 Å². The van der Waals surface area contributed by atoms with Crippen LogP contribution in [0.3, 0.4) is 0 Å². The Kier molecular flexibility index (Phi) is 6.17. The molecule has 1 aliphatic rings. The van der Waals surface area contributed by atoms with E-state index in [0.717, 1.165) is 27.9 Å². The molecule has 1 amide bonds. The molecule has 1 atom stereocenters. The number of carbonyl (C=O) groups is 1. The highest BCUT2D eigenvalue weighted by Gasteiger charge is 2.39. The molecule has 0 aliphatic carbocycles. The zero-order valence-electron chi connectivity index (χ0n) is 17.9. The number of carbonyl (C=O) groups excluding carboxylic acids is 1. The summed E-state index contributed by atoms with van der Waals surface area (Å²) in [5, 5.41) is 3.61. The molecule has 1 fully saturated rings. The Morgan fingerprint density at radius 3 is 2.87 bits per heavy atom. The van der Waals surface area contributed by atoms with E-state index in [2.05, 4.69) is 15.3 Å². The summed E-state index contributed by atoms with van der Waals surface area (Å²) in [6.07, 6.45) is 4.27. The molecular formula is C22H26N4O5. The summed E-state index contributed by atoms with van der Waals surface area (Å²) in [5.41, 5.74) is 2.56. The molecular weight excluding hydrogens is 400 g/mol. The number of aromatic nitrogens is 3. The molecule has 0 radical (unpaired) electrons. The van der Waals surface area contributed by atoms with Crippen LogP contribution in [-0.2, 0) is 24.6 Å².